The summed E-state index contributed by atoms with van der Waals surface area (Å²) < 4.78 is 42.6. The fourth-order valence-electron chi connectivity index (χ4n) is 2.05. The fourth-order valence-corrected chi connectivity index (χ4v) is 2.05. The van der Waals surface area contributed by atoms with Crippen LogP contribution in [0.15, 0.2) is 48.5 Å². The highest BCUT2D eigenvalue weighted by molar-refractivity contribution is 5.31. The molecule has 2 aromatic carbocycles. The first kappa shape index (κ1) is 15.4. The second-order valence-corrected chi connectivity index (χ2v) is 4.78. The number of halogens is 3. The first-order chi connectivity index (χ1) is 9.90. The maximum Gasteiger partial charge on any atom is 0.416 e. The monoisotopic (exact) mass is 295 g/mol. The predicted molar refractivity (Wildman–Crippen MR) is 75.1 cm³/mol. The normalized spacial score (nSPS) is 13.0. The van der Waals surface area contributed by atoms with Crippen molar-refractivity contribution in [1.29, 1.82) is 0 Å². The molecule has 1 unspecified atom stereocenters. The molecule has 5 heteroatoms. The van der Waals surface area contributed by atoms with Gasteiger partial charge in [-0.1, -0.05) is 24.3 Å². The summed E-state index contributed by atoms with van der Waals surface area (Å²) in [4.78, 5) is 0. The Morgan fingerprint density at radius 3 is 2.05 bits per heavy atom. The van der Waals surface area contributed by atoms with E-state index in [2.05, 4.69) is 0 Å². The Labute approximate surface area is 121 Å². The summed E-state index contributed by atoms with van der Waals surface area (Å²) in [7, 11) is 1.59. The largest absolute Gasteiger partial charge is 0.497 e. The Bertz CT molecular complexity index is 576. The number of nitrogens with two attached hydrogens (primary N) is 1. The van der Waals surface area contributed by atoms with Crippen LogP contribution in [0.4, 0.5) is 13.2 Å². The molecule has 0 bridgehead atoms. The molecule has 0 aliphatic rings. The predicted octanol–water partition coefficient (Wildman–Crippen LogP) is 3.96. The van der Waals surface area contributed by atoms with Crippen LogP contribution in [0.3, 0.4) is 0 Å². The van der Waals surface area contributed by atoms with Crippen LogP contribution in [-0.2, 0) is 12.6 Å². The smallest absolute Gasteiger partial charge is 0.416 e. The molecule has 0 fully saturated rings. The summed E-state index contributed by atoms with van der Waals surface area (Å²) in [6.07, 6.45) is -3.77. The molecule has 21 heavy (non-hydrogen) atoms. The van der Waals surface area contributed by atoms with Crippen molar-refractivity contribution in [2.75, 3.05) is 7.11 Å². The standard InChI is InChI=1S/C16H16F3NO/c1-21-14-8-2-11(3-9-14)10-15(20)12-4-6-13(7-5-12)16(17,18)19/h2-9,15H,10,20H2,1H3. The minimum absolute atomic E-state index is 0.347. The highest BCUT2D eigenvalue weighted by atomic mass is 19.4. The number of hydrogen-bond donors (Lipinski definition) is 1. The molecule has 2 aromatic rings. The molecule has 0 aliphatic heterocycles. The molecule has 2 rings (SSSR count). The zero-order chi connectivity index (χ0) is 15.5. The van der Waals surface area contributed by atoms with Crippen LogP contribution in [-0.4, -0.2) is 7.11 Å². The Balaban J connectivity index is 2.07. The molecule has 0 aliphatic carbocycles. The van der Waals surface area contributed by atoms with Gasteiger partial charge in [0, 0.05) is 6.04 Å². The van der Waals surface area contributed by atoms with E-state index in [-0.39, 0.29) is 6.04 Å². The number of ether oxygens (including phenoxy) is 1. The zero-order valence-electron chi connectivity index (χ0n) is 11.5. The van der Waals surface area contributed by atoms with Crippen molar-refractivity contribution >= 4 is 0 Å². The van der Waals surface area contributed by atoms with Gasteiger partial charge in [-0.05, 0) is 41.8 Å². The first-order valence-corrected chi connectivity index (χ1v) is 6.46. The molecule has 2 nitrogen and oxygen atoms in total. The number of rotatable bonds is 4. The van der Waals surface area contributed by atoms with E-state index < -0.39 is 11.7 Å². The number of alkyl halides is 3. The van der Waals surface area contributed by atoms with E-state index in [1.54, 1.807) is 7.11 Å². The lowest BCUT2D eigenvalue weighted by molar-refractivity contribution is -0.137. The van der Waals surface area contributed by atoms with Gasteiger partial charge in [0.1, 0.15) is 5.75 Å². The lowest BCUT2D eigenvalue weighted by atomic mass is 9.98. The highest BCUT2D eigenvalue weighted by Crippen LogP contribution is 2.30. The number of benzene rings is 2. The van der Waals surface area contributed by atoms with Crippen molar-refractivity contribution in [3.05, 3.63) is 65.2 Å². The van der Waals surface area contributed by atoms with Crippen molar-refractivity contribution in [1.82, 2.24) is 0 Å². The van der Waals surface area contributed by atoms with Crippen LogP contribution in [0.25, 0.3) is 0 Å². The van der Waals surface area contributed by atoms with E-state index in [0.717, 1.165) is 23.4 Å². The summed E-state index contributed by atoms with van der Waals surface area (Å²) in [5.41, 5.74) is 7.06. The van der Waals surface area contributed by atoms with Crippen LogP contribution < -0.4 is 10.5 Å². The van der Waals surface area contributed by atoms with Gasteiger partial charge in [0.15, 0.2) is 0 Å². The van der Waals surface area contributed by atoms with Gasteiger partial charge in [-0.2, -0.15) is 13.2 Å². The SMILES string of the molecule is COc1ccc(CC(N)c2ccc(C(F)(F)F)cc2)cc1. The van der Waals surface area contributed by atoms with E-state index in [9.17, 15) is 13.2 Å². The highest BCUT2D eigenvalue weighted by Gasteiger charge is 2.30. The Kier molecular flexibility index (Phi) is 4.53. The van der Waals surface area contributed by atoms with Crippen molar-refractivity contribution < 1.29 is 17.9 Å². The van der Waals surface area contributed by atoms with Gasteiger partial charge in [-0.15, -0.1) is 0 Å². The maximum absolute atomic E-state index is 12.5. The van der Waals surface area contributed by atoms with Crippen molar-refractivity contribution in [2.24, 2.45) is 5.73 Å². The number of methoxy groups -OCH3 is 1. The van der Waals surface area contributed by atoms with Gasteiger partial charge in [0.05, 0.1) is 12.7 Å². The second-order valence-electron chi connectivity index (χ2n) is 4.78. The van der Waals surface area contributed by atoms with E-state index in [0.29, 0.717) is 12.0 Å². The van der Waals surface area contributed by atoms with Crippen LogP contribution >= 0.6 is 0 Å². The van der Waals surface area contributed by atoms with Gasteiger partial charge in [0.25, 0.3) is 0 Å². The van der Waals surface area contributed by atoms with Crippen LogP contribution in [0.5, 0.6) is 5.75 Å². The molecule has 0 spiro atoms. The molecule has 0 heterocycles. The minimum Gasteiger partial charge on any atom is -0.497 e. The van der Waals surface area contributed by atoms with Gasteiger partial charge in [-0.3, -0.25) is 0 Å². The molecule has 0 aromatic heterocycles. The van der Waals surface area contributed by atoms with Gasteiger partial charge >= 0.3 is 6.18 Å². The molecule has 2 N–H and O–H groups in total. The van der Waals surface area contributed by atoms with Crippen molar-refractivity contribution in [3.8, 4) is 5.75 Å². The molecular formula is C16H16F3NO. The molecule has 0 saturated heterocycles. The minimum atomic E-state index is -4.32. The second kappa shape index (κ2) is 6.18. The third-order valence-corrected chi connectivity index (χ3v) is 3.28. The van der Waals surface area contributed by atoms with Gasteiger partial charge < -0.3 is 10.5 Å². The maximum atomic E-state index is 12.5. The quantitative estimate of drug-likeness (QED) is 0.926. The fraction of sp³-hybridized carbons (Fsp3) is 0.250. The number of hydrogen-bond acceptors (Lipinski definition) is 2. The average Bonchev–Trinajstić information content (AvgIpc) is 2.47. The third-order valence-electron chi connectivity index (χ3n) is 3.28. The van der Waals surface area contributed by atoms with Gasteiger partial charge in [-0.25, -0.2) is 0 Å². The molecule has 0 saturated carbocycles. The summed E-state index contributed by atoms with van der Waals surface area (Å²) in [5.74, 6) is 0.752. The van der Waals surface area contributed by atoms with Crippen molar-refractivity contribution in [2.45, 2.75) is 18.6 Å². The molecule has 0 radical (unpaired) electrons. The summed E-state index contributed by atoms with van der Waals surface area (Å²) in [6.45, 7) is 0. The molecule has 112 valence electrons. The van der Waals surface area contributed by atoms with Crippen LogP contribution in [0.2, 0.25) is 0 Å². The molecule has 1 atom stereocenters. The van der Waals surface area contributed by atoms with E-state index in [1.807, 2.05) is 24.3 Å². The summed E-state index contributed by atoms with van der Waals surface area (Å²) in [6, 6.07) is 12.1. The van der Waals surface area contributed by atoms with Crippen molar-refractivity contribution in [3.63, 3.8) is 0 Å². The summed E-state index contributed by atoms with van der Waals surface area (Å²) in [5, 5.41) is 0. The average molecular weight is 295 g/mol. The Hall–Kier alpha value is -2.01. The summed E-state index contributed by atoms with van der Waals surface area (Å²) >= 11 is 0. The molecular weight excluding hydrogens is 279 g/mol. The Morgan fingerprint density at radius 2 is 1.57 bits per heavy atom. The molecule has 0 amide bonds. The topological polar surface area (TPSA) is 35.2 Å². The third kappa shape index (κ3) is 3.98. The van der Waals surface area contributed by atoms with Crippen LogP contribution in [0, 0.1) is 0 Å². The lowest BCUT2D eigenvalue weighted by Crippen LogP contribution is -2.14. The van der Waals surface area contributed by atoms with E-state index in [4.69, 9.17) is 10.5 Å². The van der Waals surface area contributed by atoms with E-state index in [1.165, 1.54) is 12.1 Å². The lowest BCUT2D eigenvalue weighted by Gasteiger charge is -2.14. The van der Waals surface area contributed by atoms with Crippen LogP contribution in [0.1, 0.15) is 22.7 Å². The Morgan fingerprint density at radius 1 is 1.00 bits per heavy atom. The first-order valence-electron chi connectivity index (χ1n) is 6.46. The zero-order valence-corrected chi connectivity index (χ0v) is 11.5. The van der Waals surface area contributed by atoms with Gasteiger partial charge in [0.2, 0.25) is 0 Å². The van der Waals surface area contributed by atoms with E-state index >= 15 is 0 Å².